The average molecular weight is 537 g/mol. The first-order chi connectivity index (χ1) is 17.4. The van der Waals surface area contributed by atoms with E-state index in [-0.39, 0.29) is 18.5 Å². The molecule has 0 aliphatic rings. The first-order valence-corrected chi connectivity index (χ1v) is 12.7. The summed E-state index contributed by atoms with van der Waals surface area (Å²) in [5.41, 5.74) is 1.52. The Morgan fingerprint density at radius 1 is 1.11 bits per heavy atom. The molecule has 210 valence electrons. The lowest BCUT2D eigenvalue weighted by Crippen LogP contribution is -2.35. The van der Waals surface area contributed by atoms with E-state index in [4.69, 9.17) is 14.3 Å². The number of ether oxygens (including phenoxy) is 2. The molecule has 0 fully saturated rings. The van der Waals surface area contributed by atoms with Gasteiger partial charge in [-0.05, 0) is 45.4 Å². The van der Waals surface area contributed by atoms with Crippen LogP contribution in [0.25, 0.3) is 0 Å². The van der Waals surface area contributed by atoms with Crippen molar-refractivity contribution in [3.8, 4) is 0 Å². The van der Waals surface area contributed by atoms with Gasteiger partial charge >= 0.3 is 12.1 Å². The van der Waals surface area contributed by atoms with E-state index in [1.54, 1.807) is 45.9 Å². The highest BCUT2D eigenvalue weighted by molar-refractivity contribution is 7.80. The predicted octanol–water partition coefficient (Wildman–Crippen LogP) is 6.27. The fourth-order valence-corrected chi connectivity index (χ4v) is 2.77. The number of hydrogen-bond acceptors (Lipinski definition) is 7. The van der Waals surface area contributed by atoms with Crippen LogP contribution >= 0.6 is 12.6 Å². The van der Waals surface area contributed by atoms with Gasteiger partial charge in [0.15, 0.2) is 0 Å². The maximum atomic E-state index is 11.9. The third kappa shape index (κ3) is 26.0. The van der Waals surface area contributed by atoms with Crippen molar-refractivity contribution >= 4 is 31.5 Å². The summed E-state index contributed by atoms with van der Waals surface area (Å²) in [5, 5.41) is 5.13. The zero-order valence-electron chi connectivity index (χ0n) is 23.7. The van der Waals surface area contributed by atoms with Crippen LogP contribution in [0, 0.1) is 5.92 Å². The number of hydrogen-bond donors (Lipinski definition) is 3. The molecule has 2 unspecified atom stereocenters. The molecule has 8 heteroatoms. The minimum atomic E-state index is -0.613. The van der Waals surface area contributed by atoms with Crippen LogP contribution in [-0.4, -0.2) is 43.5 Å². The van der Waals surface area contributed by atoms with Crippen molar-refractivity contribution < 1.29 is 23.9 Å². The molecule has 2 atom stereocenters. The maximum absolute atomic E-state index is 11.9. The fraction of sp³-hybridized carbons (Fsp3) is 0.483. The molecule has 1 aromatic carbocycles. The minimum absolute atomic E-state index is 0.0868. The Kier molecular flexibility index (Phi) is 26.0. The number of esters is 1. The third-order valence-electron chi connectivity index (χ3n) is 3.86. The van der Waals surface area contributed by atoms with Gasteiger partial charge in [-0.15, -0.1) is 0 Å². The summed E-state index contributed by atoms with van der Waals surface area (Å²) < 4.78 is 10.3. The van der Waals surface area contributed by atoms with Gasteiger partial charge in [0.1, 0.15) is 19.0 Å². The van der Waals surface area contributed by atoms with E-state index >= 15 is 0 Å². The van der Waals surface area contributed by atoms with Gasteiger partial charge in [-0.3, -0.25) is 4.79 Å². The second-order valence-corrected chi connectivity index (χ2v) is 9.43. The number of alkyl carbamates (subject to hydrolysis) is 1. The topological polar surface area (TPSA) is 93.7 Å². The lowest BCUT2D eigenvalue weighted by atomic mass is 10.1. The van der Waals surface area contributed by atoms with E-state index in [2.05, 4.69) is 62.4 Å². The van der Waals surface area contributed by atoms with Gasteiger partial charge in [0, 0.05) is 6.54 Å². The Hall–Kier alpha value is -2.84. The molecule has 7 nitrogen and oxygen atoms in total. The summed E-state index contributed by atoms with van der Waals surface area (Å²) >= 11 is 4.25. The summed E-state index contributed by atoms with van der Waals surface area (Å²) in [7, 11) is 1.95. The normalized spacial score (nSPS) is 11.8. The van der Waals surface area contributed by atoms with Crippen LogP contribution in [0.1, 0.15) is 59.9 Å². The number of allylic oxidation sites excluding steroid dienone is 2. The van der Waals surface area contributed by atoms with Gasteiger partial charge in [-0.25, -0.2) is 4.79 Å². The number of nitrogens with one attached hydrogen (secondary N) is 2. The van der Waals surface area contributed by atoms with Crippen molar-refractivity contribution in [1.82, 2.24) is 10.6 Å². The first-order valence-electron chi connectivity index (χ1n) is 12.2. The van der Waals surface area contributed by atoms with Gasteiger partial charge in [0.05, 0.1) is 11.3 Å². The van der Waals surface area contributed by atoms with Crippen molar-refractivity contribution in [3.05, 3.63) is 72.9 Å². The first kappa shape index (κ1) is 38.7. The Morgan fingerprint density at radius 2 is 1.65 bits per heavy atom. The summed E-state index contributed by atoms with van der Waals surface area (Å²) in [4.78, 5) is 31.6. The number of carbonyl (C=O) groups excluding carboxylic acids is 3. The molecule has 0 saturated heterocycles. The Balaban J connectivity index is -0.000000673. The van der Waals surface area contributed by atoms with Crippen LogP contribution in [0.2, 0.25) is 0 Å². The molecule has 1 rings (SSSR count). The number of amides is 1. The molecule has 37 heavy (non-hydrogen) atoms. The van der Waals surface area contributed by atoms with Crippen molar-refractivity contribution in [2.45, 2.75) is 71.9 Å². The SMILES string of the molecule is C=C/C=C(\C=C)COC(=O)NC(S)CC(C)C(=O)OC(C)(C)C.C=O.CCC.CNCc1ccccc1. The van der Waals surface area contributed by atoms with E-state index in [9.17, 15) is 9.59 Å². The second kappa shape index (κ2) is 24.8. The largest absolute Gasteiger partial charge is 0.460 e. The van der Waals surface area contributed by atoms with E-state index in [0.717, 1.165) is 12.1 Å². The van der Waals surface area contributed by atoms with E-state index < -0.39 is 17.1 Å². The van der Waals surface area contributed by atoms with Crippen molar-refractivity contribution in [3.63, 3.8) is 0 Å². The smallest absolute Gasteiger partial charge is 0.408 e. The summed E-state index contributed by atoms with van der Waals surface area (Å²) in [6.45, 7) is 21.6. The number of thiol groups is 1. The van der Waals surface area contributed by atoms with Gasteiger partial charge in [0.25, 0.3) is 0 Å². The molecule has 2 N–H and O–H groups in total. The molecule has 0 aliphatic heterocycles. The molecular weight excluding hydrogens is 488 g/mol. The number of benzene rings is 1. The zero-order chi connectivity index (χ0) is 29.3. The molecule has 0 bridgehead atoms. The average Bonchev–Trinajstić information content (AvgIpc) is 2.83. The lowest BCUT2D eigenvalue weighted by Gasteiger charge is -2.23. The third-order valence-corrected chi connectivity index (χ3v) is 4.20. The number of carbonyl (C=O) groups is 3. The molecular formula is C29H48N2O5S. The highest BCUT2D eigenvalue weighted by atomic mass is 32.1. The van der Waals surface area contributed by atoms with Gasteiger partial charge in [-0.2, -0.15) is 12.6 Å². The van der Waals surface area contributed by atoms with Gasteiger partial charge in [0.2, 0.25) is 0 Å². The highest BCUT2D eigenvalue weighted by Gasteiger charge is 2.24. The molecule has 0 radical (unpaired) electrons. The maximum Gasteiger partial charge on any atom is 0.408 e. The Morgan fingerprint density at radius 3 is 2.08 bits per heavy atom. The van der Waals surface area contributed by atoms with Crippen LogP contribution in [0.3, 0.4) is 0 Å². The second-order valence-electron chi connectivity index (χ2n) is 8.81. The van der Waals surface area contributed by atoms with E-state index in [1.165, 1.54) is 12.0 Å². The van der Waals surface area contributed by atoms with Gasteiger partial charge in [-0.1, -0.05) is 88.9 Å². The van der Waals surface area contributed by atoms with Crippen LogP contribution in [0.5, 0.6) is 0 Å². The molecule has 0 aliphatic carbocycles. The highest BCUT2D eigenvalue weighted by Crippen LogP contribution is 2.16. The van der Waals surface area contributed by atoms with Crippen LogP contribution in [0.4, 0.5) is 4.79 Å². The fourth-order valence-electron chi connectivity index (χ4n) is 2.35. The van der Waals surface area contributed by atoms with Crippen LogP contribution in [-0.2, 0) is 25.6 Å². The minimum Gasteiger partial charge on any atom is -0.460 e. The summed E-state index contributed by atoms with van der Waals surface area (Å²) in [6, 6.07) is 10.3. The molecule has 0 spiro atoms. The molecule has 1 amide bonds. The molecule has 0 heterocycles. The van der Waals surface area contributed by atoms with Gasteiger partial charge < -0.3 is 24.9 Å². The Labute approximate surface area is 230 Å². The lowest BCUT2D eigenvalue weighted by molar-refractivity contribution is -0.159. The van der Waals surface area contributed by atoms with E-state index in [1.807, 2.05) is 32.0 Å². The Bertz CT molecular complexity index is 776. The monoisotopic (exact) mass is 536 g/mol. The summed E-state index contributed by atoms with van der Waals surface area (Å²) in [5.74, 6) is -0.712. The van der Waals surface area contributed by atoms with Crippen molar-refractivity contribution in [2.24, 2.45) is 5.92 Å². The van der Waals surface area contributed by atoms with E-state index in [0.29, 0.717) is 6.42 Å². The zero-order valence-corrected chi connectivity index (χ0v) is 24.6. The standard InChI is InChI=1S/C17H27NO4S.C8H11N.C3H8.CH2O/c1-7-9-13(8-2)11-21-16(20)18-14(23)10-12(3)15(19)22-17(4,5)6;1-9-7-8-5-3-2-4-6-8;1-3-2;1-2/h7-9,12,14,23H,1-2,10-11H2,3-6H3,(H,18,20);2-6,9H,7H2,1H3;3H2,1-2H3;1H2/b13-9+;;;. The summed E-state index contributed by atoms with van der Waals surface area (Å²) in [6.07, 6.45) is 5.84. The predicted molar refractivity (Wildman–Crippen MR) is 158 cm³/mol. The molecule has 0 aromatic heterocycles. The van der Waals surface area contributed by atoms with Crippen molar-refractivity contribution in [1.29, 1.82) is 0 Å². The molecule has 0 saturated carbocycles. The van der Waals surface area contributed by atoms with Crippen LogP contribution < -0.4 is 10.6 Å². The molecule has 1 aromatic rings. The quantitative estimate of drug-likeness (QED) is 0.141. The van der Waals surface area contributed by atoms with Crippen LogP contribution in [0.15, 0.2) is 67.3 Å². The van der Waals surface area contributed by atoms with Crippen molar-refractivity contribution in [2.75, 3.05) is 13.7 Å². The number of rotatable bonds is 10.